The summed E-state index contributed by atoms with van der Waals surface area (Å²) in [6.07, 6.45) is 5.52. The molecule has 1 saturated heterocycles. The molecule has 7 nitrogen and oxygen atoms in total. The summed E-state index contributed by atoms with van der Waals surface area (Å²) in [5.41, 5.74) is 2.71. The number of benzene rings is 2. The van der Waals surface area contributed by atoms with E-state index in [0.29, 0.717) is 17.7 Å². The van der Waals surface area contributed by atoms with Crippen LogP contribution in [-0.2, 0) is 10.2 Å². The Kier molecular flexibility index (Phi) is 7.82. The number of carbonyl (C=O) groups is 2. The predicted molar refractivity (Wildman–Crippen MR) is 154 cm³/mol. The van der Waals surface area contributed by atoms with Crippen LogP contribution in [0.3, 0.4) is 0 Å². The molecule has 1 aliphatic rings. The summed E-state index contributed by atoms with van der Waals surface area (Å²) in [4.78, 5) is 40.3. The first kappa shape index (κ1) is 28.3. The quantitative estimate of drug-likeness (QED) is 0.400. The van der Waals surface area contributed by atoms with Crippen molar-refractivity contribution in [2.75, 3.05) is 19.0 Å². The number of amides is 1. The molecule has 1 N–H and O–H groups in total. The highest BCUT2D eigenvalue weighted by Crippen LogP contribution is 2.54. The lowest BCUT2D eigenvalue weighted by molar-refractivity contribution is -0.150. The zero-order valence-corrected chi connectivity index (χ0v) is 24.0. The fourth-order valence-electron chi connectivity index (χ4n) is 5.85. The lowest BCUT2D eigenvalue weighted by Crippen LogP contribution is -2.54. The van der Waals surface area contributed by atoms with E-state index in [-0.39, 0.29) is 29.6 Å². The third-order valence-corrected chi connectivity index (χ3v) is 7.75. The first-order valence-corrected chi connectivity index (χ1v) is 13.6. The molecule has 0 unspecified atom stereocenters. The van der Waals surface area contributed by atoms with Gasteiger partial charge in [-0.1, -0.05) is 58.9 Å². The molecule has 0 saturated carbocycles. The molecule has 3 atom stereocenters. The summed E-state index contributed by atoms with van der Waals surface area (Å²) >= 11 is 0. The van der Waals surface area contributed by atoms with Gasteiger partial charge in [0.1, 0.15) is 5.54 Å². The van der Waals surface area contributed by atoms with Crippen molar-refractivity contribution >= 4 is 17.6 Å². The van der Waals surface area contributed by atoms with Gasteiger partial charge >= 0.3 is 5.97 Å². The van der Waals surface area contributed by atoms with Crippen LogP contribution in [0.4, 0.5) is 5.69 Å². The molecule has 1 aromatic heterocycles. The van der Waals surface area contributed by atoms with E-state index in [1.807, 2.05) is 81.4 Å². The van der Waals surface area contributed by atoms with Gasteiger partial charge in [0.15, 0.2) is 0 Å². The Balaban J connectivity index is 1.92. The van der Waals surface area contributed by atoms with Crippen molar-refractivity contribution in [3.8, 4) is 0 Å². The number of aromatic nitrogens is 2. The van der Waals surface area contributed by atoms with Gasteiger partial charge in [-0.15, -0.1) is 0 Å². The van der Waals surface area contributed by atoms with Gasteiger partial charge in [-0.2, -0.15) is 0 Å². The normalized spacial score (nSPS) is 21.3. The van der Waals surface area contributed by atoms with Gasteiger partial charge < -0.3 is 14.9 Å². The number of rotatable bonds is 7. The minimum Gasteiger partial charge on any atom is -0.479 e. The molecule has 206 valence electrons. The lowest BCUT2D eigenvalue weighted by Gasteiger charge is -2.39. The summed E-state index contributed by atoms with van der Waals surface area (Å²) in [7, 11) is 3.95. The van der Waals surface area contributed by atoms with Crippen LogP contribution in [0.15, 0.2) is 67.1 Å². The minimum absolute atomic E-state index is 0.0528. The predicted octanol–water partition coefficient (Wildman–Crippen LogP) is 6.08. The van der Waals surface area contributed by atoms with E-state index in [1.165, 1.54) is 0 Å². The van der Waals surface area contributed by atoms with E-state index in [4.69, 9.17) is 0 Å². The number of carboxylic acid groups (broad SMARTS) is 1. The number of aliphatic carboxylic acids is 1. The van der Waals surface area contributed by atoms with Crippen LogP contribution in [0.25, 0.3) is 0 Å². The number of hydrogen-bond donors (Lipinski definition) is 1. The largest absolute Gasteiger partial charge is 0.479 e. The van der Waals surface area contributed by atoms with Gasteiger partial charge in [-0.25, -0.2) is 4.79 Å². The van der Waals surface area contributed by atoms with Crippen molar-refractivity contribution in [3.05, 3.63) is 89.5 Å². The van der Waals surface area contributed by atoms with Gasteiger partial charge in [0, 0.05) is 49.9 Å². The second-order valence-corrected chi connectivity index (χ2v) is 12.3. The number of carbonyl (C=O) groups excluding carboxylic acids is 1. The maximum Gasteiger partial charge on any atom is 0.329 e. The maximum absolute atomic E-state index is 14.5. The number of hydrogen-bond acceptors (Lipinski definition) is 5. The topological polar surface area (TPSA) is 86.6 Å². The fraction of sp³-hybridized carbons (Fsp3) is 0.438. The van der Waals surface area contributed by atoms with E-state index in [9.17, 15) is 14.7 Å². The second-order valence-electron chi connectivity index (χ2n) is 12.3. The summed E-state index contributed by atoms with van der Waals surface area (Å²) in [5, 5.41) is 10.8. The van der Waals surface area contributed by atoms with Crippen LogP contribution in [0.1, 0.15) is 86.6 Å². The molecule has 0 radical (unpaired) electrons. The van der Waals surface area contributed by atoms with E-state index in [2.05, 4.69) is 30.7 Å². The molecule has 0 spiro atoms. The van der Waals surface area contributed by atoms with E-state index in [0.717, 1.165) is 16.8 Å². The van der Waals surface area contributed by atoms with Crippen LogP contribution >= 0.6 is 0 Å². The Labute approximate surface area is 231 Å². The molecular weight excluding hydrogens is 488 g/mol. The highest BCUT2D eigenvalue weighted by atomic mass is 16.4. The first-order chi connectivity index (χ1) is 18.3. The third-order valence-electron chi connectivity index (χ3n) is 7.75. The summed E-state index contributed by atoms with van der Waals surface area (Å²) < 4.78 is 0. The van der Waals surface area contributed by atoms with Crippen LogP contribution < -0.4 is 4.90 Å². The molecule has 7 heteroatoms. The van der Waals surface area contributed by atoms with Crippen molar-refractivity contribution in [3.63, 3.8) is 0 Å². The van der Waals surface area contributed by atoms with Gasteiger partial charge in [0.2, 0.25) is 0 Å². The molecule has 4 rings (SSSR count). The Hall–Kier alpha value is -3.74. The van der Waals surface area contributed by atoms with Crippen molar-refractivity contribution < 1.29 is 14.7 Å². The molecule has 1 fully saturated rings. The zero-order chi connectivity index (χ0) is 28.5. The molecule has 0 aliphatic carbocycles. The minimum atomic E-state index is -1.40. The SMILES string of the molecule is CC(C)C[C@@]1(C(=O)O)C[C@H](c2cnccn2)[C@H](c2ccc(N(C)C)cc2)N1C(=O)c1ccc(C(C)(C)C)cc1. The molecule has 1 amide bonds. The van der Waals surface area contributed by atoms with E-state index >= 15 is 0 Å². The van der Waals surface area contributed by atoms with Crippen molar-refractivity contribution in [2.45, 2.75) is 70.4 Å². The third kappa shape index (κ3) is 5.54. The Morgan fingerprint density at radius 1 is 1.05 bits per heavy atom. The first-order valence-electron chi connectivity index (χ1n) is 13.6. The number of anilines is 1. The molecule has 2 heterocycles. The molecule has 39 heavy (non-hydrogen) atoms. The molecule has 0 bridgehead atoms. The van der Waals surface area contributed by atoms with Crippen LogP contribution in [-0.4, -0.2) is 51.5 Å². The Morgan fingerprint density at radius 2 is 1.69 bits per heavy atom. The zero-order valence-electron chi connectivity index (χ0n) is 24.0. The van der Waals surface area contributed by atoms with Crippen LogP contribution in [0.5, 0.6) is 0 Å². The molecule has 3 aromatic rings. The summed E-state index contributed by atoms with van der Waals surface area (Å²) in [6, 6.07) is 15.1. The number of nitrogens with zero attached hydrogens (tertiary/aromatic N) is 4. The highest BCUT2D eigenvalue weighted by Gasteiger charge is 2.59. The Morgan fingerprint density at radius 3 is 2.18 bits per heavy atom. The smallest absolute Gasteiger partial charge is 0.329 e. The standard InChI is InChI=1S/C32H40N4O3/c1-21(2)18-32(30(38)39)19-26(27-20-33-16-17-34-27)28(22-10-14-25(15-11-22)35(6)7)36(32)29(37)23-8-12-24(13-9-23)31(3,4)5/h8-17,20-21,26,28H,18-19H2,1-7H3,(H,38,39)/t26-,28+,32+/m1/s1. The van der Waals surface area contributed by atoms with Crippen LogP contribution in [0.2, 0.25) is 0 Å². The maximum atomic E-state index is 14.5. The van der Waals surface area contributed by atoms with Gasteiger partial charge in [-0.3, -0.25) is 14.8 Å². The lowest BCUT2D eigenvalue weighted by atomic mass is 9.82. The molecule has 2 aromatic carbocycles. The number of carboxylic acids is 1. The van der Waals surface area contributed by atoms with Gasteiger partial charge in [0.05, 0.1) is 11.7 Å². The molecular formula is C32H40N4O3. The summed E-state index contributed by atoms with van der Waals surface area (Å²) in [5.74, 6) is -1.56. The highest BCUT2D eigenvalue weighted by molar-refractivity contribution is 5.99. The van der Waals surface area contributed by atoms with Gasteiger partial charge in [-0.05, 0) is 59.6 Å². The average Bonchev–Trinajstić information content (AvgIpc) is 3.24. The molecule has 1 aliphatic heterocycles. The summed E-state index contributed by atoms with van der Waals surface area (Å²) in [6.45, 7) is 10.4. The van der Waals surface area contributed by atoms with Crippen LogP contribution in [0, 0.1) is 5.92 Å². The van der Waals surface area contributed by atoms with E-state index < -0.39 is 17.6 Å². The second kappa shape index (κ2) is 10.8. The average molecular weight is 529 g/mol. The Bertz CT molecular complexity index is 1300. The van der Waals surface area contributed by atoms with E-state index in [1.54, 1.807) is 23.5 Å². The van der Waals surface area contributed by atoms with Crippen molar-refractivity contribution in [1.29, 1.82) is 0 Å². The van der Waals surface area contributed by atoms with Crippen molar-refractivity contribution in [1.82, 2.24) is 14.9 Å². The fourth-order valence-corrected chi connectivity index (χ4v) is 5.85. The monoisotopic (exact) mass is 528 g/mol. The van der Waals surface area contributed by atoms with Crippen molar-refractivity contribution in [2.24, 2.45) is 5.92 Å². The number of likely N-dealkylation sites (tertiary alicyclic amines) is 1. The van der Waals surface area contributed by atoms with Gasteiger partial charge in [0.25, 0.3) is 5.91 Å².